The molecule has 1 aromatic carbocycles. The van der Waals surface area contributed by atoms with E-state index >= 15 is 0 Å². The molecule has 3 rings (SSSR count). The van der Waals surface area contributed by atoms with Gasteiger partial charge in [0.25, 0.3) is 0 Å². The van der Waals surface area contributed by atoms with Crippen LogP contribution >= 0.6 is 0 Å². The van der Waals surface area contributed by atoms with Gasteiger partial charge in [0.15, 0.2) is 0 Å². The molecule has 6 heteroatoms. The summed E-state index contributed by atoms with van der Waals surface area (Å²) >= 11 is 0. The highest BCUT2D eigenvalue weighted by molar-refractivity contribution is 6.00. The number of amides is 2. The number of aliphatic carboxylic acids is 1. The number of anilines is 1. The summed E-state index contributed by atoms with van der Waals surface area (Å²) in [5.41, 5.74) is 0.777. The second kappa shape index (κ2) is 5.79. The molecule has 2 saturated heterocycles. The smallest absolute Gasteiger partial charge is 0.326 e. The van der Waals surface area contributed by atoms with E-state index in [-0.39, 0.29) is 18.2 Å². The molecular formula is C16H18N2O4. The van der Waals surface area contributed by atoms with Crippen LogP contribution in [0, 0.1) is 5.92 Å². The van der Waals surface area contributed by atoms with Gasteiger partial charge in [-0.25, -0.2) is 4.79 Å². The molecule has 0 bridgehead atoms. The molecule has 2 heterocycles. The summed E-state index contributed by atoms with van der Waals surface area (Å²) in [4.78, 5) is 39.0. The Morgan fingerprint density at radius 2 is 1.91 bits per heavy atom. The van der Waals surface area contributed by atoms with Crippen LogP contribution in [0.3, 0.4) is 0 Å². The summed E-state index contributed by atoms with van der Waals surface area (Å²) in [6.07, 6.45) is 1.34. The van der Waals surface area contributed by atoms with Crippen molar-refractivity contribution in [2.45, 2.75) is 25.3 Å². The van der Waals surface area contributed by atoms with Crippen LogP contribution in [-0.4, -0.2) is 46.9 Å². The average Bonchev–Trinajstić information content (AvgIpc) is 3.14. The summed E-state index contributed by atoms with van der Waals surface area (Å²) in [5.74, 6) is -1.71. The summed E-state index contributed by atoms with van der Waals surface area (Å²) in [6.45, 7) is 0.788. The lowest BCUT2D eigenvalue weighted by Gasteiger charge is -2.24. The van der Waals surface area contributed by atoms with E-state index in [1.807, 2.05) is 30.3 Å². The zero-order valence-electron chi connectivity index (χ0n) is 12.1. The van der Waals surface area contributed by atoms with Gasteiger partial charge in [-0.05, 0) is 25.0 Å². The lowest BCUT2D eigenvalue weighted by Crippen LogP contribution is -2.44. The van der Waals surface area contributed by atoms with Gasteiger partial charge < -0.3 is 14.9 Å². The van der Waals surface area contributed by atoms with Gasteiger partial charge in [-0.3, -0.25) is 9.59 Å². The van der Waals surface area contributed by atoms with Crippen LogP contribution in [0.15, 0.2) is 30.3 Å². The maximum absolute atomic E-state index is 12.6. The zero-order chi connectivity index (χ0) is 15.7. The maximum Gasteiger partial charge on any atom is 0.326 e. The van der Waals surface area contributed by atoms with Gasteiger partial charge in [0.05, 0.1) is 5.92 Å². The number of carboxylic acids is 1. The highest BCUT2D eigenvalue weighted by Crippen LogP contribution is 2.28. The summed E-state index contributed by atoms with van der Waals surface area (Å²) in [7, 11) is 0. The molecule has 1 aromatic rings. The normalized spacial score (nSPS) is 24.8. The van der Waals surface area contributed by atoms with E-state index < -0.39 is 17.9 Å². The lowest BCUT2D eigenvalue weighted by atomic mass is 10.1. The Balaban J connectivity index is 1.73. The van der Waals surface area contributed by atoms with E-state index in [1.54, 1.807) is 4.90 Å². The molecule has 0 saturated carbocycles. The number of likely N-dealkylation sites (tertiary alicyclic amines) is 1. The Kier molecular flexibility index (Phi) is 3.83. The molecular weight excluding hydrogens is 284 g/mol. The standard InChI is InChI=1S/C16H18N2O4/c19-14-9-11(10-18(14)12-5-2-1-3-6-12)15(20)17-8-4-7-13(17)16(21)22/h1-3,5-6,11,13H,4,7-10H2,(H,21,22). The molecule has 2 amide bonds. The first-order chi connectivity index (χ1) is 10.6. The van der Waals surface area contributed by atoms with Crippen LogP contribution in [0.2, 0.25) is 0 Å². The van der Waals surface area contributed by atoms with E-state index in [0.717, 1.165) is 5.69 Å². The Morgan fingerprint density at radius 3 is 2.59 bits per heavy atom. The van der Waals surface area contributed by atoms with Gasteiger partial charge in [-0.2, -0.15) is 0 Å². The molecule has 2 fully saturated rings. The first kappa shape index (κ1) is 14.6. The molecule has 2 atom stereocenters. The fourth-order valence-electron chi connectivity index (χ4n) is 3.25. The topological polar surface area (TPSA) is 77.9 Å². The van der Waals surface area contributed by atoms with Crippen LogP contribution in [0.25, 0.3) is 0 Å². The van der Waals surface area contributed by atoms with Gasteiger partial charge in [0, 0.05) is 25.2 Å². The van der Waals surface area contributed by atoms with Gasteiger partial charge in [0.2, 0.25) is 11.8 Å². The van der Waals surface area contributed by atoms with Crippen LogP contribution in [-0.2, 0) is 14.4 Å². The van der Waals surface area contributed by atoms with Crippen molar-refractivity contribution >= 4 is 23.5 Å². The molecule has 22 heavy (non-hydrogen) atoms. The first-order valence-electron chi connectivity index (χ1n) is 7.46. The zero-order valence-corrected chi connectivity index (χ0v) is 12.1. The summed E-state index contributed by atoms with van der Waals surface area (Å²) in [5, 5.41) is 9.19. The third kappa shape index (κ3) is 2.56. The van der Waals surface area contributed by atoms with Gasteiger partial charge in [-0.15, -0.1) is 0 Å². The molecule has 6 nitrogen and oxygen atoms in total. The molecule has 0 spiro atoms. The Morgan fingerprint density at radius 1 is 1.18 bits per heavy atom. The molecule has 0 radical (unpaired) electrons. The molecule has 116 valence electrons. The van der Waals surface area contributed by atoms with Crippen molar-refractivity contribution in [3.05, 3.63) is 30.3 Å². The minimum Gasteiger partial charge on any atom is -0.480 e. The van der Waals surface area contributed by atoms with Crippen LogP contribution < -0.4 is 4.90 Å². The van der Waals surface area contributed by atoms with Gasteiger partial charge in [-0.1, -0.05) is 18.2 Å². The average molecular weight is 302 g/mol. The molecule has 0 aromatic heterocycles. The first-order valence-corrected chi connectivity index (χ1v) is 7.46. The largest absolute Gasteiger partial charge is 0.480 e. The van der Waals surface area contributed by atoms with E-state index in [0.29, 0.717) is 25.9 Å². The summed E-state index contributed by atoms with van der Waals surface area (Å²) < 4.78 is 0. The van der Waals surface area contributed by atoms with Crippen LogP contribution in [0.4, 0.5) is 5.69 Å². The molecule has 2 aliphatic heterocycles. The predicted octanol–water partition coefficient (Wildman–Crippen LogP) is 1.12. The number of rotatable bonds is 3. The number of hydrogen-bond donors (Lipinski definition) is 1. The second-order valence-electron chi connectivity index (χ2n) is 5.77. The third-order valence-corrected chi connectivity index (χ3v) is 4.36. The Labute approximate surface area is 128 Å². The molecule has 0 aliphatic carbocycles. The van der Waals surface area contributed by atoms with Crippen molar-refractivity contribution in [2.75, 3.05) is 18.0 Å². The van der Waals surface area contributed by atoms with Crippen molar-refractivity contribution in [1.29, 1.82) is 0 Å². The summed E-state index contributed by atoms with van der Waals surface area (Å²) in [6, 6.07) is 8.49. The number of carboxylic acid groups (broad SMARTS) is 1. The number of para-hydroxylation sites is 1. The Hall–Kier alpha value is -2.37. The monoisotopic (exact) mass is 302 g/mol. The SMILES string of the molecule is O=C(O)C1CCCN1C(=O)C1CC(=O)N(c2ccccc2)C1. The van der Waals surface area contributed by atoms with Gasteiger partial charge >= 0.3 is 5.97 Å². The quantitative estimate of drug-likeness (QED) is 0.907. The molecule has 2 unspecified atom stereocenters. The van der Waals surface area contributed by atoms with Crippen molar-refractivity contribution in [1.82, 2.24) is 4.90 Å². The van der Waals surface area contributed by atoms with Crippen molar-refractivity contribution in [3.63, 3.8) is 0 Å². The lowest BCUT2D eigenvalue weighted by molar-refractivity contribution is -0.149. The Bertz CT molecular complexity index is 601. The fourth-order valence-corrected chi connectivity index (χ4v) is 3.25. The van der Waals surface area contributed by atoms with Crippen molar-refractivity contribution in [2.24, 2.45) is 5.92 Å². The highest BCUT2D eigenvalue weighted by Gasteiger charge is 2.42. The van der Waals surface area contributed by atoms with E-state index in [4.69, 9.17) is 0 Å². The second-order valence-corrected chi connectivity index (χ2v) is 5.77. The number of nitrogens with zero attached hydrogens (tertiary/aromatic N) is 2. The minimum absolute atomic E-state index is 0.0874. The van der Waals surface area contributed by atoms with Crippen LogP contribution in [0.1, 0.15) is 19.3 Å². The highest BCUT2D eigenvalue weighted by atomic mass is 16.4. The predicted molar refractivity (Wildman–Crippen MR) is 79.3 cm³/mol. The minimum atomic E-state index is -0.963. The number of benzene rings is 1. The van der Waals surface area contributed by atoms with E-state index in [2.05, 4.69) is 0 Å². The third-order valence-electron chi connectivity index (χ3n) is 4.36. The molecule has 1 N–H and O–H groups in total. The van der Waals surface area contributed by atoms with Crippen molar-refractivity contribution in [3.8, 4) is 0 Å². The van der Waals surface area contributed by atoms with Crippen LogP contribution in [0.5, 0.6) is 0 Å². The molecule has 2 aliphatic rings. The van der Waals surface area contributed by atoms with E-state index in [9.17, 15) is 19.5 Å². The fraction of sp³-hybridized carbons (Fsp3) is 0.438. The van der Waals surface area contributed by atoms with Gasteiger partial charge in [0.1, 0.15) is 6.04 Å². The number of hydrogen-bond acceptors (Lipinski definition) is 3. The number of carbonyl (C=O) groups is 3. The number of carbonyl (C=O) groups excluding carboxylic acids is 2. The van der Waals surface area contributed by atoms with Crippen molar-refractivity contribution < 1.29 is 19.5 Å². The maximum atomic E-state index is 12.6. The van der Waals surface area contributed by atoms with E-state index in [1.165, 1.54) is 4.90 Å².